The van der Waals surface area contributed by atoms with E-state index < -0.39 is 0 Å². The molecule has 0 aliphatic rings. The van der Waals surface area contributed by atoms with Gasteiger partial charge in [0.15, 0.2) is 5.82 Å². The third-order valence-corrected chi connectivity index (χ3v) is 13.5. The topological polar surface area (TPSA) is 77.8 Å². The van der Waals surface area contributed by atoms with Crippen molar-refractivity contribution in [1.82, 2.24) is 19.9 Å². The third kappa shape index (κ3) is 6.73. The van der Waals surface area contributed by atoms with Gasteiger partial charge < -0.3 is 8.83 Å². The lowest BCUT2D eigenvalue weighted by Gasteiger charge is -2.14. The molecule has 0 aliphatic carbocycles. The number of benzene rings is 9. The Morgan fingerprint density at radius 3 is 1.43 bits per heavy atom. The van der Waals surface area contributed by atoms with Gasteiger partial charge >= 0.3 is 0 Å². The van der Waals surface area contributed by atoms with Gasteiger partial charge in [0.05, 0.1) is 28.1 Å². The number of fused-ring (bicyclic) bond motifs is 9. The summed E-state index contributed by atoms with van der Waals surface area (Å²) in [6, 6.07) is 78.1. The molecule has 0 saturated carbocycles. The van der Waals surface area contributed by atoms with Crippen LogP contribution in [0.3, 0.4) is 0 Å². The Morgan fingerprint density at radius 2 is 0.800 bits per heavy atom. The van der Waals surface area contributed by atoms with E-state index in [9.17, 15) is 0 Å². The van der Waals surface area contributed by atoms with Crippen LogP contribution in [0.15, 0.2) is 239 Å². The molecule has 5 heterocycles. The maximum atomic E-state index is 6.45. The van der Waals surface area contributed by atoms with Gasteiger partial charge in [-0.15, -0.1) is 0 Å². The zero-order chi connectivity index (χ0) is 46.1. The molecule has 0 saturated heterocycles. The minimum Gasteiger partial charge on any atom is -0.455 e. The predicted octanol–water partition coefficient (Wildman–Crippen LogP) is 17.0. The number of furan rings is 2. The number of rotatable bonds is 7. The van der Waals surface area contributed by atoms with E-state index in [-0.39, 0.29) is 0 Å². The van der Waals surface area contributed by atoms with Crippen molar-refractivity contribution in [2.24, 2.45) is 0 Å². The smallest absolute Gasteiger partial charge is 0.160 e. The predicted molar refractivity (Wildman–Crippen MR) is 285 cm³/mol. The van der Waals surface area contributed by atoms with Gasteiger partial charge in [-0.3, -0.25) is 4.98 Å². The molecule has 0 spiro atoms. The van der Waals surface area contributed by atoms with Crippen LogP contribution in [-0.4, -0.2) is 19.9 Å². The Balaban J connectivity index is 0.924. The van der Waals surface area contributed by atoms with Crippen molar-refractivity contribution >= 4 is 65.7 Å². The van der Waals surface area contributed by atoms with Gasteiger partial charge in [-0.2, -0.15) is 0 Å². The molecule has 0 aliphatic heterocycles. The largest absolute Gasteiger partial charge is 0.455 e. The van der Waals surface area contributed by atoms with E-state index in [4.69, 9.17) is 28.8 Å². The van der Waals surface area contributed by atoms with Crippen LogP contribution in [0.4, 0.5) is 0 Å². The Morgan fingerprint density at radius 1 is 0.286 bits per heavy atom. The standard InChI is InChI=1S/C64H38N4O2/c1-2-11-45(12-3-1)64-67-56(38-57(68-64)55-33-32-44-31-30-43-13-10-34-65-60(43)61(44)66-55)48-36-46(39-22-26-41(27-23-39)49-16-8-18-53-51-14-4-6-20-58(51)69-62(49)53)35-47(37-48)40-24-28-42(29-25-40)50-17-9-19-54-52-15-5-7-21-59(52)70-63(50)54/h1-38H. The van der Waals surface area contributed by atoms with Crippen molar-refractivity contribution in [2.45, 2.75) is 0 Å². The summed E-state index contributed by atoms with van der Waals surface area (Å²) in [5, 5.41) is 6.51. The summed E-state index contributed by atoms with van der Waals surface area (Å²) in [7, 11) is 0. The molecular formula is C64H38N4O2. The first-order valence-electron chi connectivity index (χ1n) is 23.4. The summed E-state index contributed by atoms with van der Waals surface area (Å²) in [4.78, 5) is 20.5. The van der Waals surface area contributed by atoms with E-state index in [1.807, 2.05) is 60.8 Å². The van der Waals surface area contributed by atoms with Crippen LogP contribution in [0.2, 0.25) is 0 Å². The monoisotopic (exact) mass is 894 g/mol. The van der Waals surface area contributed by atoms with Crippen molar-refractivity contribution in [3.05, 3.63) is 231 Å². The quantitative estimate of drug-likeness (QED) is 0.148. The van der Waals surface area contributed by atoms with Crippen LogP contribution in [0.5, 0.6) is 0 Å². The van der Waals surface area contributed by atoms with Crippen LogP contribution in [0.1, 0.15) is 0 Å². The Labute approximate surface area is 401 Å². The molecule has 14 aromatic rings. The van der Waals surface area contributed by atoms with Gasteiger partial charge in [0, 0.05) is 60.8 Å². The highest BCUT2D eigenvalue weighted by Gasteiger charge is 2.18. The molecule has 9 aromatic carbocycles. The number of hydrogen-bond acceptors (Lipinski definition) is 6. The van der Waals surface area contributed by atoms with Crippen LogP contribution in [-0.2, 0) is 0 Å². The molecule has 5 aromatic heterocycles. The lowest BCUT2D eigenvalue weighted by molar-refractivity contribution is 0.669. The van der Waals surface area contributed by atoms with Crippen LogP contribution >= 0.6 is 0 Å². The SMILES string of the molecule is c1ccc(-c2nc(-c3cc(-c4ccc(-c5cccc6c5oc5ccccc56)cc4)cc(-c4ccc(-c5cccc6c5oc5ccccc56)cc4)c3)cc(-c3ccc4ccc5cccnc5c4n3)n2)cc1. The summed E-state index contributed by atoms with van der Waals surface area (Å²) in [6.07, 6.45) is 1.82. The maximum Gasteiger partial charge on any atom is 0.160 e. The summed E-state index contributed by atoms with van der Waals surface area (Å²) >= 11 is 0. The Hall–Kier alpha value is -9.52. The molecule has 0 bridgehead atoms. The molecule has 0 atom stereocenters. The van der Waals surface area contributed by atoms with Crippen molar-refractivity contribution in [3.8, 4) is 78.5 Å². The Kier molecular flexibility index (Phi) is 9.10. The van der Waals surface area contributed by atoms with E-state index in [0.29, 0.717) is 5.82 Å². The summed E-state index contributed by atoms with van der Waals surface area (Å²) in [5.74, 6) is 0.617. The lowest BCUT2D eigenvalue weighted by atomic mass is 9.92. The number of para-hydroxylation sites is 4. The first kappa shape index (κ1) is 39.6. The molecule has 326 valence electrons. The fourth-order valence-corrected chi connectivity index (χ4v) is 10.1. The molecule has 0 fully saturated rings. The Bertz CT molecular complexity index is 4170. The fraction of sp³-hybridized carbons (Fsp3) is 0. The zero-order valence-corrected chi connectivity index (χ0v) is 37.5. The molecule has 0 radical (unpaired) electrons. The minimum atomic E-state index is 0.617. The third-order valence-electron chi connectivity index (χ3n) is 13.5. The summed E-state index contributed by atoms with van der Waals surface area (Å²) < 4.78 is 12.9. The minimum absolute atomic E-state index is 0.617. The average Bonchev–Trinajstić information content (AvgIpc) is 4.02. The number of aromatic nitrogens is 4. The van der Waals surface area contributed by atoms with Gasteiger partial charge in [0.1, 0.15) is 22.3 Å². The van der Waals surface area contributed by atoms with Gasteiger partial charge in [0.25, 0.3) is 0 Å². The highest BCUT2D eigenvalue weighted by atomic mass is 16.3. The lowest BCUT2D eigenvalue weighted by Crippen LogP contribution is -1.98. The molecule has 0 N–H and O–H groups in total. The average molecular weight is 895 g/mol. The second-order valence-electron chi connectivity index (χ2n) is 17.8. The van der Waals surface area contributed by atoms with Gasteiger partial charge in [-0.1, -0.05) is 176 Å². The maximum absolute atomic E-state index is 6.45. The second-order valence-corrected chi connectivity index (χ2v) is 17.8. The highest BCUT2D eigenvalue weighted by molar-refractivity contribution is 6.11. The van der Waals surface area contributed by atoms with Gasteiger partial charge in [-0.25, -0.2) is 15.0 Å². The normalized spacial score (nSPS) is 11.7. The molecular weight excluding hydrogens is 857 g/mol. The molecule has 0 amide bonds. The van der Waals surface area contributed by atoms with Crippen LogP contribution < -0.4 is 0 Å². The van der Waals surface area contributed by atoms with E-state index >= 15 is 0 Å². The fourth-order valence-electron chi connectivity index (χ4n) is 10.1. The zero-order valence-electron chi connectivity index (χ0n) is 37.5. The van der Waals surface area contributed by atoms with Crippen molar-refractivity contribution < 1.29 is 8.83 Å². The number of nitrogens with zero attached hydrogens (tertiary/aromatic N) is 4. The molecule has 70 heavy (non-hydrogen) atoms. The molecule has 14 rings (SSSR count). The van der Waals surface area contributed by atoms with Crippen molar-refractivity contribution in [3.63, 3.8) is 0 Å². The highest BCUT2D eigenvalue weighted by Crippen LogP contribution is 2.40. The van der Waals surface area contributed by atoms with Crippen molar-refractivity contribution in [1.29, 1.82) is 0 Å². The van der Waals surface area contributed by atoms with E-state index in [1.165, 1.54) is 0 Å². The van der Waals surface area contributed by atoms with E-state index in [2.05, 4.69) is 170 Å². The summed E-state index contributed by atoms with van der Waals surface area (Å²) in [6.45, 7) is 0. The first-order valence-corrected chi connectivity index (χ1v) is 23.4. The number of hydrogen-bond donors (Lipinski definition) is 0. The van der Waals surface area contributed by atoms with Crippen molar-refractivity contribution in [2.75, 3.05) is 0 Å². The van der Waals surface area contributed by atoms with Crippen LogP contribution in [0, 0.1) is 0 Å². The molecule has 6 nitrogen and oxygen atoms in total. The van der Waals surface area contributed by atoms with Gasteiger partial charge in [0.2, 0.25) is 0 Å². The van der Waals surface area contributed by atoms with Crippen LogP contribution in [0.25, 0.3) is 144 Å². The first-order chi connectivity index (χ1) is 34.6. The van der Waals surface area contributed by atoms with E-state index in [1.54, 1.807) is 0 Å². The molecule has 0 unspecified atom stereocenters. The van der Waals surface area contributed by atoms with E-state index in [0.717, 1.165) is 138 Å². The number of pyridine rings is 2. The molecule has 6 heteroatoms. The second kappa shape index (κ2) is 16.1. The summed E-state index contributed by atoms with van der Waals surface area (Å²) in [5.41, 5.74) is 17.9. The van der Waals surface area contributed by atoms with Gasteiger partial charge in [-0.05, 0) is 81.9 Å².